The number of hydrogen-bond donors (Lipinski definition) is 1. The van der Waals surface area contributed by atoms with Crippen LogP contribution in [0, 0.1) is 0 Å². The number of methoxy groups -OCH3 is 1. The van der Waals surface area contributed by atoms with Crippen molar-refractivity contribution in [3.05, 3.63) is 57.8 Å². The van der Waals surface area contributed by atoms with Gasteiger partial charge in [-0.25, -0.2) is 4.79 Å². The second-order valence-corrected chi connectivity index (χ2v) is 6.44. The Labute approximate surface area is 139 Å². The number of benzene rings is 1. The molecule has 2 rings (SSSR count). The predicted molar refractivity (Wildman–Crippen MR) is 90.9 cm³/mol. The van der Waals surface area contributed by atoms with E-state index in [2.05, 4.69) is 10.1 Å². The van der Waals surface area contributed by atoms with Gasteiger partial charge in [0.05, 0.1) is 18.0 Å². The molecule has 5 nitrogen and oxygen atoms in total. The van der Waals surface area contributed by atoms with E-state index in [4.69, 9.17) is 0 Å². The molecule has 0 spiro atoms. The zero-order valence-electron chi connectivity index (χ0n) is 13.4. The van der Waals surface area contributed by atoms with Crippen molar-refractivity contribution in [3.8, 4) is 0 Å². The number of amides is 1. The third kappa shape index (κ3) is 4.64. The molecule has 0 unspecified atom stereocenters. The highest BCUT2D eigenvalue weighted by Crippen LogP contribution is 2.20. The number of thiophene rings is 1. The van der Waals surface area contributed by atoms with Gasteiger partial charge in [0.25, 0.3) is 5.91 Å². The molecular weight excluding hydrogens is 312 g/mol. The topological polar surface area (TPSA) is 58.6 Å². The van der Waals surface area contributed by atoms with Crippen molar-refractivity contribution in [1.82, 2.24) is 10.2 Å². The van der Waals surface area contributed by atoms with Crippen molar-refractivity contribution in [3.63, 3.8) is 0 Å². The number of ether oxygens (including phenoxy) is 1. The summed E-state index contributed by atoms with van der Waals surface area (Å²) in [6, 6.07) is 12.9. The van der Waals surface area contributed by atoms with E-state index >= 15 is 0 Å². The lowest BCUT2D eigenvalue weighted by molar-refractivity contribution is 0.0606. The molecule has 1 aromatic heterocycles. The van der Waals surface area contributed by atoms with E-state index < -0.39 is 5.97 Å². The Kier molecular flexibility index (Phi) is 5.90. The van der Waals surface area contributed by atoms with Gasteiger partial charge in [0.15, 0.2) is 0 Å². The number of nitrogens with one attached hydrogen (secondary N) is 1. The van der Waals surface area contributed by atoms with Gasteiger partial charge in [-0.05, 0) is 31.8 Å². The van der Waals surface area contributed by atoms with Crippen molar-refractivity contribution >= 4 is 23.2 Å². The maximum atomic E-state index is 12.5. The first-order valence-corrected chi connectivity index (χ1v) is 8.01. The Morgan fingerprint density at radius 3 is 2.39 bits per heavy atom. The van der Waals surface area contributed by atoms with Gasteiger partial charge < -0.3 is 15.0 Å². The summed E-state index contributed by atoms with van der Waals surface area (Å²) in [5.41, 5.74) is 1.04. The van der Waals surface area contributed by atoms with Gasteiger partial charge in [-0.3, -0.25) is 4.79 Å². The van der Waals surface area contributed by atoms with Crippen molar-refractivity contribution < 1.29 is 14.3 Å². The molecule has 0 saturated heterocycles. The van der Waals surface area contributed by atoms with Crippen LogP contribution in [-0.4, -0.2) is 44.5 Å². The summed E-state index contributed by atoms with van der Waals surface area (Å²) in [5.74, 6) is -0.622. The van der Waals surface area contributed by atoms with Crippen LogP contribution < -0.4 is 5.32 Å². The van der Waals surface area contributed by atoms with Gasteiger partial charge in [-0.2, -0.15) is 0 Å². The molecule has 6 heteroatoms. The third-order valence-electron chi connectivity index (χ3n) is 3.27. The number of esters is 1. The summed E-state index contributed by atoms with van der Waals surface area (Å²) in [6.45, 7) is 0.686. The van der Waals surface area contributed by atoms with Crippen LogP contribution in [0.25, 0.3) is 0 Å². The minimum atomic E-state index is -0.429. The van der Waals surface area contributed by atoms with Crippen molar-refractivity contribution in [2.24, 2.45) is 0 Å². The van der Waals surface area contributed by atoms with Gasteiger partial charge in [-0.1, -0.05) is 30.3 Å². The van der Waals surface area contributed by atoms with E-state index in [0.717, 1.165) is 16.9 Å². The van der Waals surface area contributed by atoms with Crippen LogP contribution in [-0.2, 0) is 4.74 Å². The molecule has 0 aliphatic rings. The van der Waals surface area contributed by atoms with Gasteiger partial charge in [0, 0.05) is 6.54 Å². The number of carbonyl (C=O) groups excluding carboxylic acids is 2. The molecular formula is C17H20N2O3S. The van der Waals surface area contributed by atoms with E-state index in [-0.39, 0.29) is 11.9 Å². The summed E-state index contributed by atoms with van der Waals surface area (Å²) in [7, 11) is 5.25. The molecule has 1 N–H and O–H groups in total. The highest BCUT2D eigenvalue weighted by molar-refractivity contribution is 7.15. The molecule has 0 aliphatic carbocycles. The Hall–Kier alpha value is -2.18. The molecule has 1 amide bonds. The van der Waals surface area contributed by atoms with Gasteiger partial charge >= 0.3 is 5.97 Å². The minimum Gasteiger partial charge on any atom is -0.465 e. The molecule has 0 aliphatic heterocycles. The highest BCUT2D eigenvalue weighted by atomic mass is 32.1. The maximum absolute atomic E-state index is 12.5. The van der Waals surface area contributed by atoms with Crippen LogP contribution in [0.4, 0.5) is 0 Å². The zero-order chi connectivity index (χ0) is 16.8. The number of likely N-dealkylation sites (N-methyl/N-ethyl adjacent to an activating group) is 1. The second kappa shape index (κ2) is 7.89. The van der Waals surface area contributed by atoms with Crippen LogP contribution >= 0.6 is 11.3 Å². The van der Waals surface area contributed by atoms with Gasteiger partial charge in [0.1, 0.15) is 4.88 Å². The van der Waals surface area contributed by atoms with Crippen molar-refractivity contribution in [2.45, 2.75) is 6.04 Å². The second-order valence-electron chi connectivity index (χ2n) is 5.35. The average Bonchev–Trinajstić information content (AvgIpc) is 3.04. The molecule has 0 saturated carbocycles. The van der Waals surface area contributed by atoms with Crippen molar-refractivity contribution in [1.29, 1.82) is 0 Å². The number of nitrogens with zero attached hydrogens (tertiary/aromatic N) is 1. The lowest BCUT2D eigenvalue weighted by Gasteiger charge is -2.22. The summed E-state index contributed by atoms with van der Waals surface area (Å²) in [4.78, 5) is 26.9. The van der Waals surface area contributed by atoms with Crippen LogP contribution in [0.15, 0.2) is 42.5 Å². The Bertz CT molecular complexity index is 667. The largest absolute Gasteiger partial charge is 0.465 e. The van der Waals surface area contributed by atoms with E-state index in [1.807, 2.05) is 49.3 Å². The Balaban J connectivity index is 2.14. The first-order valence-electron chi connectivity index (χ1n) is 7.20. The van der Waals surface area contributed by atoms with Gasteiger partial charge in [0.2, 0.25) is 0 Å². The normalized spacial score (nSPS) is 12.0. The van der Waals surface area contributed by atoms with Crippen molar-refractivity contribution in [2.75, 3.05) is 27.7 Å². The molecule has 1 heterocycles. The maximum Gasteiger partial charge on any atom is 0.348 e. The van der Waals surface area contributed by atoms with Crippen LogP contribution in [0.2, 0.25) is 0 Å². The molecule has 0 fully saturated rings. The molecule has 2 aromatic rings. The summed E-state index contributed by atoms with van der Waals surface area (Å²) < 4.78 is 4.67. The fourth-order valence-electron chi connectivity index (χ4n) is 2.18. The Morgan fingerprint density at radius 2 is 1.78 bits per heavy atom. The molecule has 1 aromatic carbocycles. The zero-order valence-corrected chi connectivity index (χ0v) is 14.2. The summed E-state index contributed by atoms with van der Waals surface area (Å²) >= 11 is 1.13. The summed E-state index contributed by atoms with van der Waals surface area (Å²) in [6.07, 6.45) is 0. The standard InChI is InChI=1S/C17H20N2O3S/c1-19(2)11-13(12-7-5-4-6-8-12)18-16(20)14-9-10-15(23-14)17(21)22-3/h4-10,13H,11H2,1-3H3,(H,18,20)/t13-/m1/s1. The number of carbonyl (C=O) groups is 2. The fourth-order valence-corrected chi connectivity index (χ4v) is 3.01. The minimum absolute atomic E-state index is 0.123. The first-order chi connectivity index (χ1) is 11.0. The van der Waals surface area contributed by atoms with Gasteiger partial charge in [-0.15, -0.1) is 11.3 Å². The third-order valence-corrected chi connectivity index (χ3v) is 4.34. The van der Waals surface area contributed by atoms with E-state index in [0.29, 0.717) is 16.3 Å². The fraction of sp³-hybridized carbons (Fsp3) is 0.294. The Morgan fingerprint density at radius 1 is 1.13 bits per heavy atom. The SMILES string of the molecule is COC(=O)c1ccc(C(=O)N[C@H](CN(C)C)c2ccccc2)s1. The lowest BCUT2D eigenvalue weighted by Crippen LogP contribution is -2.34. The number of hydrogen-bond acceptors (Lipinski definition) is 5. The molecule has 1 atom stereocenters. The lowest BCUT2D eigenvalue weighted by atomic mass is 10.1. The van der Waals surface area contributed by atoms with E-state index in [9.17, 15) is 9.59 Å². The van der Waals surface area contributed by atoms with E-state index in [1.54, 1.807) is 12.1 Å². The van der Waals surface area contributed by atoms with Crippen LogP contribution in [0.3, 0.4) is 0 Å². The first kappa shape index (κ1) is 17.2. The van der Waals surface area contributed by atoms with E-state index in [1.165, 1.54) is 7.11 Å². The monoisotopic (exact) mass is 332 g/mol. The molecule has 0 radical (unpaired) electrons. The molecule has 0 bridgehead atoms. The molecule has 122 valence electrons. The summed E-state index contributed by atoms with van der Waals surface area (Å²) in [5, 5.41) is 3.03. The predicted octanol–water partition coefficient (Wildman–Crippen LogP) is 2.57. The van der Waals surface area contributed by atoms with Crippen LogP contribution in [0.1, 0.15) is 30.9 Å². The quantitative estimate of drug-likeness (QED) is 0.826. The molecule has 23 heavy (non-hydrogen) atoms. The highest BCUT2D eigenvalue weighted by Gasteiger charge is 2.19. The average molecular weight is 332 g/mol. The smallest absolute Gasteiger partial charge is 0.348 e. The van der Waals surface area contributed by atoms with Crippen LogP contribution in [0.5, 0.6) is 0 Å². The number of rotatable bonds is 6.